The molecule has 1 N–H and O–H groups in total. The highest BCUT2D eigenvalue weighted by Crippen LogP contribution is 2.27. The SMILES string of the molecule is COc1ccc(NC(=O)COCc2cc(-c3ccco3)on2)cc1Cl. The van der Waals surface area contributed by atoms with Crippen molar-refractivity contribution in [1.29, 1.82) is 0 Å². The number of carbonyl (C=O) groups is 1. The molecule has 0 radical (unpaired) electrons. The second-order valence-electron chi connectivity index (χ2n) is 5.05. The van der Waals surface area contributed by atoms with Gasteiger partial charge in [0.15, 0.2) is 5.76 Å². The molecule has 2 heterocycles. The van der Waals surface area contributed by atoms with Gasteiger partial charge in [-0.2, -0.15) is 0 Å². The van der Waals surface area contributed by atoms with Crippen LogP contribution >= 0.6 is 11.6 Å². The lowest BCUT2D eigenvalue weighted by atomic mass is 10.3. The van der Waals surface area contributed by atoms with E-state index in [2.05, 4.69) is 10.5 Å². The van der Waals surface area contributed by atoms with Crippen LogP contribution in [-0.2, 0) is 16.1 Å². The molecule has 8 heteroatoms. The highest BCUT2D eigenvalue weighted by atomic mass is 35.5. The summed E-state index contributed by atoms with van der Waals surface area (Å²) in [5.41, 5.74) is 1.12. The number of methoxy groups -OCH3 is 1. The fraction of sp³-hybridized carbons (Fsp3) is 0.176. The van der Waals surface area contributed by atoms with Crippen molar-refractivity contribution in [2.24, 2.45) is 0 Å². The normalized spacial score (nSPS) is 10.6. The molecule has 0 saturated heterocycles. The zero-order chi connectivity index (χ0) is 17.6. The van der Waals surface area contributed by atoms with Gasteiger partial charge in [0, 0.05) is 11.8 Å². The minimum atomic E-state index is -0.309. The van der Waals surface area contributed by atoms with E-state index in [0.29, 0.717) is 33.7 Å². The zero-order valence-corrected chi connectivity index (χ0v) is 14.1. The number of hydrogen-bond acceptors (Lipinski definition) is 6. The molecule has 0 fully saturated rings. The van der Waals surface area contributed by atoms with Crippen LogP contribution in [0.4, 0.5) is 5.69 Å². The number of benzene rings is 1. The van der Waals surface area contributed by atoms with Gasteiger partial charge in [0.1, 0.15) is 18.1 Å². The first-order valence-electron chi connectivity index (χ1n) is 7.36. The summed E-state index contributed by atoms with van der Waals surface area (Å²) in [5.74, 6) is 1.30. The van der Waals surface area contributed by atoms with Gasteiger partial charge in [-0.25, -0.2) is 0 Å². The van der Waals surface area contributed by atoms with Crippen LogP contribution in [0.25, 0.3) is 11.5 Å². The summed E-state index contributed by atoms with van der Waals surface area (Å²) in [5, 5.41) is 6.96. The molecule has 1 aromatic carbocycles. The number of rotatable bonds is 7. The molecule has 0 aliphatic carbocycles. The summed E-state index contributed by atoms with van der Waals surface area (Å²) in [6, 6.07) is 10.2. The molecule has 0 bridgehead atoms. The van der Waals surface area contributed by atoms with Crippen LogP contribution in [0.2, 0.25) is 5.02 Å². The minimum absolute atomic E-state index is 0.132. The molecule has 130 valence electrons. The molecule has 7 nitrogen and oxygen atoms in total. The third kappa shape index (κ3) is 4.40. The van der Waals surface area contributed by atoms with Crippen LogP contribution in [-0.4, -0.2) is 24.8 Å². The Labute approximate surface area is 148 Å². The smallest absolute Gasteiger partial charge is 0.250 e. The lowest BCUT2D eigenvalue weighted by Gasteiger charge is -2.08. The summed E-state index contributed by atoms with van der Waals surface area (Å²) < 4.78 is 20.7. The van der Waals surface area contributed by atoms with Crippen molar-refractivity contribution < 1.29 is 23.2 Å². The van der Waals surface area contributed by atoms with Gasteiger partial charge in [0.05, 0.1) is 25.0 Å². The molecule has 0 atom stereocenters. The summed E-state index contributed by atoms with van der Waals surface area (Å²) in [7, 11) is 1.52. The molecule has 3 aromatic rings. The average molecular weight is 363 g/mol. The Hall–Kier alpha value is -2.77. The van der Waals surface area contributed by atoms with E-state index in [1.165, 1.54) is 7.11 Å². The molecule has 25 heavy (non-hydrogen) atoms. The van der Waals surface area contributed by atoms with Crippen molar-refractivity contribution in [1.82, 2.24) is 5.16 Å². The fourth-order valence-electron chi connectivity index (χ4n) is 2.10. The van der Waals surface area contributed by atoms with Gasteiger partial charge in [-0.1, -0.05) is 16.8 Å². The highest BCUT2D eigenvalue weighted by Gasteiger charge is 2.10. The van der Waals surface area contributed by atoms with Crippen molar-refractivity contribution in [3.63, 3.8) is 0 Å². The van der Waals surface area contributed by atoms with E-state index in [-0.39, 0.29) is 19.1 Å². The maximum atomic E-state index is 11.9. The predicted octanol–water partition coefficient (Wildman–Crippen LogP) is 3.75. The van der Waals surface area contributed by atoms with E-state index in [9.17, 15) is 4.79 Å². The Kier molecular flexibility index (Phi) is 5.37. The predicted molar refractivity (Wildman–Crippen MR) is 90.5 cm³/mol. The number of hydrogen-bond donors (Lipinski definition) is 1. The van der Waals surface area contributed by atoms with Crippen LogP contribution in [0.3, 0.4) is 0 Å². The molecule has 2 aromatic heterocycles. The summed E-state index contributed by atoms with van der Waals surface area (Å²) in [6.45, 7) is 0.00753. The molecule has 0 aliphatic heterocycles. The van der Waals surface area contributed by atoms with Gasteiger partial charge >= 0.3 is 0 Å². The topological polar surface area (TPSA) is 86.7 Å². The first-order valence-corrected chi connectivity index (χ1v) is 7.74. The number of anilines is 1. The van der Waals surface area contributed by atoms with Gasteiger partial charge < -0.3 is 23.7 Å². The Balaban J connectivity index is 1.47. The van der Waals surface area contributed by atoms with Crippen molar-refractivity contribution in [2.45, 2.75) is 6.61 Å². The number of aromatic nitrogens is 1. The van der Waals surface area contributed by atoms with E-state index < -0.39 is 0 Å². The van der Waals surface area contributed by atoms with Gasteiger partial charge in [-0.05, 0) is 30.3 Å². The number of amides is 1. The molecule has 0 saturated carbocycles. The number of ether oxygens (including phenoxy) is 2. The molecule has 1 amide bonds. The van der Waals surface area contributed by atoms with Crippen molar-refractivity contribution in [3.8, 4) is 17.3 Å². The van der Waals surface area contributed by atoms with Crippen LogP contribution in [0.15, 0.2) is 51.6 Å². The van der Waals surface area contributed by atoms with Crippen molar-refractivity contribution in [3.05, 3.63) is 53.4 Å². The Morgan fingerprint density at radius 1 is 1.28 bits per heavy atom. The second-order valence-corrected chi connectivity index (χ2v) is 5.46. The Bertz CT molecular complexity index is 845. The van der Waals surface area contributed by atoms with E-state index >= 15 is 0 Å². The number of nitrogens with one attached hydrogen (secondary N) is 1. The number of furan rings is 1. The second kappa shape index (κ2) is 7.87. The minimum Gasteiger partial charge on any atom is -0.495 e. The maximum absolute atomic E-state index is 11.9. The molecule has 3 rings (SSSR count). The maximum Gasteiger partial charge on any atom is 0.250 e. The van der Waals surface area contributed by atoms with Crippen LogP contribution in [0, 0.1) is 0 Å². The Morgan fingerprint density at radius 2 is 2.16 bits per heavy atom. The van der Waals surface area contributed by atoms with E-state index in [0.717, 1.165) is 0 Å². The van der Waals surface area contributed by atoms with Gasteiger partial charge in [-0.3, -0.25) is 4.79 Å². The van der Waals surface area contributed by atoms with E-state index in [1.807, 2.05) is 0 Å². The molecule has 0 spiro atoms. The highest BCUT2D eigenvalue weighted by molar-refractivity contribution is 6.32. The molecule has 0 aliphatic rings. The number of halogens is 1. The fourth-order valence-corrected chi connectivity index (χ4v) is 2.36. The summed E-state index contributed by atoms with van der Waals surface area (Å²) >= 11 is 6.01. The van der Waals surface area contributed by atoms with Crippen LogP contribution in [0.5, 0.6) is 5.75 Å². The van der Waals surface area contributed by atoms with Crippen LogP contribution in [0.1, 0.15) is 5.69 Å². The van der Waals surface area contributed by atoms with Crippen molar-refractivity contribution in [2.75, 3.05) is 19.0 Å². The first kappa shape index (κ1) is 17.1. The lowest BCUT2D eigenvalue weighted by Crippen LogP contribution is -2.18. The standard InChI is InChI=1S/C17H15ClN2O5/c1-22-14-5-4-11(7-13(14)18)19-17(21)10-23-9-12-8-16(25-20-12)15-3-2-6-24-15/h2-8H,9-10H2,1H3,(H,19,21). The van der Waals surface area contributed by atoms with Gasteiger partial charge in [0.25, 0.3) is 0 Å². The van der Waals surface area contributed by atoms with Gasteiger partial charge in [-0.15, -0.1) is 0 Å². The molecule has 0 unspecified atom stereocenters. The summed E-state index contributed by atoms with van der Waals surface area (Å²) in [4.78, 5) is 11.9. The number of nitrogens with zero attached hydrogens (tertiary/aromatic N) is 1. The zero-order valence-electron chi connectivity index (χ0n) is 13.3. The Morgan fingerprint density at radius 3 is 2.88 bits per heavy atom. The number of carbonyl (C=O) groups excluding carboxylic acids is 1. The third-order valence-electron chi connectivity index (χ3n) is 3.24. The van der Waals surface area contributed by atoms with Crippen molar-refractivity contribution >= 4 is 23.2 Å². The molecular formula is C17H15ClN2O5. The lowest BCUT2D eigenvalue weighted by molar-refractivity contribution is -0.121. The van der Waals surface area contributed by atoms with Gasteiger partial charge in [0.2, 0.25) is 11.7 Å². The average Bonchev–Trinajstić information content (AvgIpc) is 3.26. The van der Waals surface area contributed by atoms with Crippen LogP contribution < -0.4 is 10.1 Å². The largest absolute Gasteiger partial charge is 0.495 e. The first-order chi connectivity index (χ1) is 12.2. The quantitative estimate of drug-likeness (QED) is 0.688. The molecular weight excluding hydrogens is 348 g/mol. The monoisotopic (exact) mass is 362 g/mol. The van der Waals surface area contributed by atoms with E-state index in [4.69, 9.17) is 30.0 Å². The van der Waals surface area contributed by atoms with E-state index in [1.54, 1.807) is 42.7 Å². The third-order valence-corrected chi connectivity index (χ3v) is 3.54. The summed E-state index contributed by atoms with van der Waals surface area (Å²) in [6.07, 6.45) is 1.55.